The van der Waals surface area contributed by atoms with E-state index in [2.05, 4.69) is 6.92 Å². The summed E-state index contributed by atoms with van der Waals surface area (Å²) in [5.41, 5.74) is 6.14. The van der Waals surface area contributed by atoms with Crippen molar-refractivity contribution in [2.45, 2.75) is 24.7 Å². The van der Waals surface area contributed by atoms with Crippen molar-refractivity contribution in [3.8, 4) is 0 Å². The maximum Gasteiger partial charge on any atom is 0.243 e. The Morgan fingerprint density at radius 3 is 2.24 bits per heavy atom. The lowest BCUT2D eigenvalue weighted by molar-refractivity contribution is 0.288. The zero-order valence-corrected chi connectivity index (χ0v) is 10.8. The summed E-state index contributed by atoms with van der Waals surface area (Å²) in [5.74, 6) is 0.618. The number of piperidine rings is 1. The standard InChI is InChI=1S/C12H18N2O2S/c1-10-6-8-14(9-7-10)17(15,16)12-4-2-11(13)3-5-12/h2-5,10H,6-9,13H2,1H3. The SMILES string of the molecule is CC1CCN(S(=O)(=O)c2ccc(N)cc2)CC1. The Hall–Kier alpha value is -1.07. The van der Waals surface area contributed by atoms with Crippen molar-refractivity contribution in [3.63, 3.8) is 0 Å². The number of hydrogen-bond donors (Lipinski definition) is 1. The van der Waals surface area contributed by atoms with E-state index >= 15 is 0 Å². The third-order valence-electron chi connectivity index (χ3n) is 3.26. The first kappa shape index (κ1) is 12.4. The summed E-state index contributed by atoms with van der Waals surface area (Å²) in [5, 5.41) is 0. The van der Waals surface area contributed by atoms with Crippen molar-refractivity contribution in [1.82, 2.24) is 4.31 Å². The highest BCUT2D eigenvalue weighted by molar-refractivity contribution is 7.89. The first-order valence-corrected chi connectivity index (χ1v) is 7.30. The molecule has 1 aromatic carbocycles. The number of nitrogen functional groups attached to an aromatic ring is 1. The van der Waals surface area contributed by atoms with Gasteiger partial charge in [0.2, 0.25) is 10.0 Å². The topological polar surface area (TPSA) is 63.4 Å². The first-order chi connectivity index (χ1) is 8.00. The van der Waals surface area contributed by atoms with Crippen LogP contribution in [-0.4, -0.2) is 25.8 Å². The van der Waals surface area contributed by atoms with Gasteiger partial charge in [-0.05, 0) is 43.0 Å². The normalized spacial score (nSPS) is 19.4. The number of benzene rings is 1. The summed E-state index contributed by atoms with van der Waals surface area (Å²) in [6, 6.07) is 6.39. The van der Waals surface area contributed by atoms with E-state index in [4.69, 9.17) is 5.73 Å². The van der Waals surface area contributed by atoms with Crippen LogP contribution in [-0.2, 0) is 10.0 Å². The summed E-state index contributed by atoms with van der Waals surface area (Å²) >= 11 is 0. The van der Waals surface area contributed by atoms with Crippen LogP contribution >= 0.6 is 0 Å². The highest BCUT2D eigenvalue weighted by atomic mass is 32.2. The second kappa shape index (κ2) is 4.66. The maximum atomic E-state index is 12.3. The Balaban J connectivity index is 2.21. The molecule has 0 aliphatic carbocycles. The van der Waals surface area contributed by atoms with E-state index in [0.717, 1.165) is 12.8 Å². The Bertz CT molecular complexity index is 474. The Kier molecular flexibility index (Phi) is 3.40. The number of rotatable bonds is 2. The number of sulfonamides is 1. The molecule has 4 nitrogen and oxygen atoms in total. The van der Waals surface area contributed by atoms with Gasteiger partial charge in [-0.1, -0.05) is 6.92 Å². The van der Waals surface area contributed by atoms with E-state index in [-0.39, 0.29) is 0 Å². The van der Waals surface area contributed by atoms with Gasteiger partial charge in [-0.3, -0.25) is 0 Å². The zero-order valence-electron chi connectivity index (χ0n) is 9.96. The van der Waals surface area contributed by atoms with Crippen molar-refractivity contribution >= 4 is 15.7 Å². The minimum absolute atomic E-state index is 0.334. The van der Waals surface area contributed by atoms with Gasteiger partial charge in [-0.25, -0.2) is 8.42 Å². The van der Waals surface area contributed by atoms with E-state index < -0.39 is 10.0 Å². The molecule has 0 spiro atoms. The molecule has 5 heteroatoms. The van der Waals surface area contributed by atoms with Crippen molar-refractivity contribution in [3.05, 3.63) is 24.3 Å². The zero-order chi connectivity index (χ0) is 12.5. The lowest BCUT2D eigenvalue weighted by Gasteiger charge is -2.29. The molecule has 0 amide bonds. The van der Waals surface area contributed by atoms with Crippen LogP contribution in [0.1, 0.15) is 19.8 Å². The lowest BCUT2D eigenvalue weighted by atomic mass is 10.0. The molecule has 0 unspecified atom stereocenters. The predicted molar refractivity (Wildman–Crippen MR) is 68.0 cm³/mol. The van der Waals surface area contributed by atoms with Crippen LogP contribution in [0.15, 0.2) is 29.2 Å². The summed E-state index contributed by atoms with van der Waals surface area (Å²) in [4.78, 5) is 0.334. The van der Waals surface area contributed by atoms with Gasteiger partial charge in [-0.15, -0.1) is 0 Å². The van der Waals surface area contributed by atoms with Crippen molar-refractivity contribution in [2.75, 3.05) is 18.8 Å². The molecule has 0 saturated carbocycles. The van der Waals surface area contributed by atoms with Crippen molar-refractivity contribution in [1.29, 1.82) is 0 Å². The Morgan fingerprint density at radius 2 is 1.71 bits per heavy atom. The van der Waals surface area contributed by atoms with Crippen LogP contribution in [0.4, 0.5) is 5.69 Å². The highest BCUT2D eigenvalue weighted by Gasteiger charge is 2.27. The fourth-order valence-electron chi connectivity index (χ4n) is 2.01. The van der Waals surface area contributed by atoms with Gasteiger partial charge in [0.05, 0.1) is 4.90 Å². The maximum absolute atomic E-state index is 12.3. The summed E-state index contributed by atoms with van der Waals surface area (Å²) in [7, 11) is -3.32. The van der Waals surface area contributed by atoms with Crippen LogP contribution < -0.4 is 5.73 Å². The molecule has 1 saturated heterocycles. The molecule has 2 rings (SSSR count). The Labute approximate surface area is 102 Å². The number of anilines is 1. The molecule has 0 aromatic heterocycles. The van der Waals surface area contributed by atoms with Crippen molar-refractivity contribution in [2.24, 2.45) is 5.92 Å². The molecule has 1 fully saturated rings. The minimum atomic E-state index is -3.32. The summed E-state index contributed by atoms with van der Waals surface area (Å²) in [6.07, 6.45) is 1.88. The highest BCUT2D eigenvalue weighted by Crippen LogP contribution is 2.23. The van der Waals surface area contributed by atoms with Crippen molar-refractivity contribution < 1.29 is 8.42 Å². The second-order valence-corrected chi connectivity index (χ2v) is 6.59. The molecule has 1 aromatic rings. The van der Waals surface area contributed by atoms with Gasteiger partial charge >= 0.3 is 0 Å². The quantitative estimate of drug-likeness (QED) is 0.817. The van der Waals surface area contributed by atoms with E-state index in [1.54, 1.807) is 28.6 Å². The predicted octanol–water partition coefficient (Wildman–Crippen LogP) is 1.69. The average Bonchev–Trinajstić information content (AvgIpc) is 2.30. The van der Waals surface area contributed by atoms with Gasteiger partial charge in [0.1, 0.15) is 0 Å². The molecule has 17 heavy (non-hydrogen) atoms. The molecule has 94 valence electrons. The van der Waals surface area contributed by atoms with E-state index in [9.17, 15) is 8.42 Å². The average molecular weight is 254 g/mol. The van der Waals surface area contributed by atoms with Crippen LogP contribution in [0.25, 0.3) is 0 Å². The minimum Gasteiger partial charge on any atom is -0.399 e. The molecule has 1 heterocycles. The molecular weight excluding hydrogens is 236 g/mol. The molecule has 0 bridgehead atoms. The van der Waals surface area contributed by atoms with Crippen LogP contribution in [0.2, 0.25) is 0 Å². The molecule has 0 atom stereocenters. The van der Waals surface area contributed by atoms with Crippen LogP contribution in [0, 0.1) is 5.92 Å². The largest absolute Gasteiger partial charge is 0.399 e. The lowest BCUT2D eigenvalue weighted by Crippen LogP contribution is -2.37. The monoisotopic (exact) mass is 254 g/mol. The fourth-order valence-corrected chi connectivity index (χ4v) is 3.48. The number of nitrogens with two attached hydrogens (primary N) is 1. The molecule has 1 aliphatic heterocycles. The van der Waals surface area contributed by atoms with E-state index in [1.165, 1.54) is 0 Å². The second-order valence-electron chi connectivity index (χ2n) is 4.66. The number of hydrogen-bond acceptors (Lipinski definition) is 3. The van der Waals surface area contributed by atoms with Gasteiger partial charge in [0.15, 0.2) is 0 Å². The van der Waals surface area contributed by atoms with Gasteiger partial charge in [0, 0.05) is 18.8 Å². The van der Waals surface area contributed by atoms with Gasteiger partial charge in [0.25, 0.3) is 0 Å². The van der Waals surface area contributed by atoms with Gasteiger partial charge in [-0.2, -0.15) is 4.31 Å². The van der Waals surface area contributed by atoms with Crippen LogP contribution in [0.5, 0.6) is 0 Å². The molecule has 2 N–H and O–H groups in total. The summed E-state index contributed by atoms with van der Waals surface area (Å²) in [6.45, 7) is 3.40. The third-order valence-corrected chi connectivity index (χ3v) is 5.17. The Morgan fingerprint density at radius 1 is 1.18 bits per heavy atom. The molecule has 0 radical (unpaired) electrons. The first-order valence-electron chi connectivity index (χ1n) is 5.86. The van der Waals surface area contributed by atoms with E-state index in [1.807, 2.05) is 0 Å². The number of nitrogens with zero attached hydrogens (tertiary/aromatic N) is 1. The summed E-state index contributed by atoms with van der Waals surface area (Å²) < 4.78 is 26.1. The van der Waals surface area contributed by atoms with Gasteiger partial charge < -0.3 is 5.73 Å². The van der Waals surface area contributed by atoms with E-state index in [0.29, 0.717) is 29.6 Å². The molecule has 1 aliphatic rings. The third kappa shape index (κ3) is 2.61. The fraction of sp³-hybridized carbons (Fsp3) is 0.500. The smallest absolute Gasteiger partial charge is 0.243 e. The molecular formula is C12H18N2O2S. The van der Waals surface area contributed by atoms with Crippen LogP contribution in [0.3, 0.4) is 0 Å².